The van der Waals surface area contributed by atoms with Gasteiger partial charge >= 0.3 is 0 Å². The molecule has 9 nitrogen and oxygen atoms in total. The lowest BCUT2D eigenvalue weighted by Gasteiger charge is -2.04. The molecule has 134 heavy (non-hydrogen) atoms. The fourth-order valence-corrected chi connectivity index (χ4v) is 11.8. The number of phenols is 1. The van der Waals surface area contributed by atoms with Crippen molar-refractivity contribution in [1.82, 2.24) is 24.9 Å². The molecule has 0 saturated carbocycles. The average molecular weight is 1840 g/mol. The number of aromatic nitrogens is 5. The number of hydrogen-bond acceptors (Lipinski definition) is 9. The van der Waals surface area contributed by atoms with Crippen LogP contribution in [0.15, 0.2) is 231 Å². The minimum absolute atomic E-state index is 0. The van der Waals surface area contributed by atoms with E-state index >= 15 is 0 Å². The number of aryl methyl sites for hydroxylation is 30. The summed E-state index contributed by atoms with van der Waals surface area (Å²) in [6.07, 6.45) is 10.4. The Morgan fingerprint density at radius 2 is 0.649 bits per heavy atom. The van der Waals surface area contributed by atoms with E-state index in [1.807, 2.05) is 203 Å². The second-order valence-electron chi connectivity index (χ2n) is 32.3. The van der Waals surface area contributed by atoms with E-state index in [9.17, 15) is 26.3 Å². The molecule has 14 rings (SSSR count). The number of hydrogen-bond donors (Lipinski definition) is 2. The highest BCUT2D eigenvalue weighted by Gasteiger charge is 2.10. The Morgan fingerprint density at radius 1 is 0.284 bits per heavy atom. The van der Waals surface area contributed by atoms with Gasteiger partial charge in [0.1, 0.15) is 34.8 Å². The maximum Gasteiger partial charge on any atom is 0.162 e. The van der Waals surface area contributed by atoms with Gasteiger partial charge in [0.05, 0.1) is 31.1 Å². The summed E-state index contributed by atoms with van der Waals surface area (Å²) < 4.78 is 80.8. The highest BCUT2D eigenvalue weighted by molar-refractivity contribution is 5.47. The lowest BCUT2D eigenvalue weighted by Crippen LogP contribution is -1.95. The number of nitrogens with zero attached hydrogens (tertiary/aromatic N) is 6. The monoisotopic (exact) mass is 1840 g/mol. The third-order valence-electron chi connectivity index (χ3n) is 18.6. The second kappa shape index (κ2) is 70.9. The Hall–Kier alpha value is -12.8. The smallest absolute Gasteiger partial charge is 0.162 e. The number of aromatic hydroxyl groups is 1. The molecule has 5 aromatic heterocycles. The molecule has 0 aliphatic rings. The van der Waals surface area contributed by atoms with Crippen LogP contribution in [0.4, 0.5) is 32.0 Å². The first kappa shape index (κ1) is 134. The molecule has 9 aromatic carbocycles. The van der Waals surface area contributed by atoms with Crippen LogP contribution < -0.4 is 10.5 Å². The molecule has 0 aliphatic carbocycles. The number of methoxy groups -OCH3 is 1. The zero-order valence-electron chi connectivity index (χ0n) is 81.3. The standard InChI is InChI=1S/C9H10F2.C9H11F.C9H9N.2C8H9F.C8H11NO.2C8H11N.C8H10O.2C8H10.C7H8FN.2C7H9N.7CH4/c1-5-4-6(2)8(10)9(11)7(5)3;1-6-4-8(3)9(10)5-7(6)2;1-7-3-8(2)5-9(4-7)6-10;1-6-3-7(2)5-8(9)4-6;1-6-3-4-8(9)7(2)5-6;1-6-4-7(2)9-5-8(6)10-3;1-6-4-7(2)8(3)9-5-6;1-6-3-4-8(9)7(2)5-6;1-6-3-7(2)5-8(9)4-6;2*1-7-4-3-5-8(2)6-7;1-5-3-6(2)9-4-7(5)8;1-6-3-7(2)5-8-4-6;1-6-3-4-8-7(2)5-6;;;;;;;/h4H,1-3H3;4-5H,1-3H3;3-5H,1-2H3;2*3-5H,1-2H3;4-5H,1-3H3;4-5H,1-3H3;3-5H,9H2,1-2H3;3-5,9H,1-2H3;2*3-6H,1-2H3;3-4H,1-2H3;2*3-5H,1-2H3;7*1H4. The van der Waals surface area contributed by atoms with Gasteiger partial charge < -0.3 is 15.6 Å². The molecule has 0 unspecified atom stereocenters. The van der Waals surface area contributed by atoms with Crippen molar-refractivity contribution in [2.75, 3.05) is 12.8 Å². The Labute approximate surface area is 809 Å². The highest BCUT2D eigenvalue weighted by Crippen LogP contribution is 2.21. The molecular formula is C119H165F6N7O2. The van der Waals surface area contributed by atoms with Crippen LogP contribution in [0.25, 0.3) is 0 Å². The van der Waals surface area contributed by atoms with Crippen LogP contribution in [0.5, 0.6) is 11.5 Å². The molecule has 730 valence electrons. The van der Waals surface area contributed by atoms with Gasteiger partial charge in [-0.05, 0) is 410 Å². The molecule has 0 radical (unpaired) electrons. The van der Waals surface area contributed by atoms with Crippen molar-refractivity contribution in [3.05, 3.63) is 445 Å². The van der Waals surface area contributed by atoms with Crippen LogP contribution >= 0.6 is 0 Å². The molecular weight excluding hydrogens is 1670 g/mol. The number of benzene rings is 9. The Balaban J connectivity index is -0.000000258. The fraction of sp³-hybridized carbons (Fsp3) is 0.328. The molecule has 3 N–H and O–H groups in total. The van der Waals surface area contributed by atoms with Gasteiger partial charge in [0.2, 0.25) is 0 Å². The Bertz CT molecular complexity index is 5070. The minimum Gasteiger partial charge on any atom is -0.508 e. The normalized spacial score (nSPS) is 9.05. The van der Waals surface area contributed by atoms with E-state index in [0.717, 1.165) is 118 Å². The van der Waals surface area contributed by atoms with Crippen LogP contribution in [0, 0.1) is 261 Å². The van der Waals surface area contributed by atoms with Gasteiger partial charge in [-0.1, -0.05) is 201 Å². The predicted octanol–water partition coefficient (Wildman–Crippen LogP) is 34.6. The third kappa shape index (κ3) is 58.9. The third-order valence-corrected chi connectivity index (χ3v) is 18.6. The topological polar surface area (TPSA) is 144 Å². The van der Waals surface area contributed by atoms with E-state index in [4.69, 9.17) is 20.8 Å². The number of nitrogen functional groups attached to an aromatic ring is 1. The van der Waals surface area contributed by atoms with Gasteiger partial charge in [0, 0.05) is 53.3 Å². The van der Waals surface area contributed by atoms with E-state index in [2.05, 4.69) is 165 Å². The molecule has 15 heteroatoms. The molecule has 0 bridgehead atoms. The van der Waals surface area contributed by atoms with Crippen molar-refractivity contribution in [3.8, 4) is 17.6 Å². The van der Waals surface area contributed by atoms with Crippen molar-refractivity contribution in [3.63, 3.8) is 0 Å². The summed E-state index contributed by atoms with van der Waals surface area (Å²) >= 11 is 0. The maximum absolute atomic E-state index is 12.9. The molecule has 0 amide bonds. The maximum atomic E-state index is 12.9. The van der Waals surface area contributed by atoms with E-state index < -0.39 is 11.6 Å². The van der Waals surface area contributed by atoms with E-state index in [-0.39, 0.29) is 75.3 Å². The van der Waals surface area contributed by atoms with Gasteiger partial charge in [0.25, 0.3) is 0 Å². The molecule has 0 aliphatic heterocycles. The van der Waals surface area contributed by atoms with Crippen LogP contribution in [0.1, 0.15) is 231 Å². The van der Waals surface area contributed by atoms with Crippen LogP contribution in [0.3, 0.4) is 0 Å². The van der Waals surface area contributed by atoms with Crippen molar-refractivity contribution in [2.24, 2.45) is 0 Å². The van der Waals surface area contributed by atoms with Crippen LogP contribution in [0.2, 0.25) is 0 Å². The summed E-state index contributed by atoms with van der Waals surface area (Å²) in [5, 5.41) is 17.5. The summed E-state index contributed by atoms with van der Waals surface area (Å²) in [5.41, 5.74) is 39.9. The molecule has 0 atom stereocenters. The summed E-state index contributed by atoms with van der Waals surface area (Å²) in [6, 6.07) is 63.5. The van der Waals surface area contributed by atoms with Gasteiger partial charge in [-0.2, -0.15) is 5.26 Å². The highest BCUT2D eigenvalue weighted by atomic mass is 19.2. The van der Waals surface area contributed by atoms with Crippen molar-refractivity contribution >= 4 is 5.69 Å². The number of phenolic OH excluding ortho intramolecular Hbond substituents is 1. The van der Waals surface area contributed by atoms with E-state index in [0.29, 0.717) is 22.4 Å². The zero-order valence-corrected chi connectivity index (χ0v) is 81.3. The fourth-order valence-electron chi connectivity index (χ4n) is 11.8. The molecule has 14 aromatic rings. The van der Waals surface area contributed by atoms with Crippen molar-refractivity contribution < 1.29 is 36.2 Å². The first-order valence-corrected chi connectivity index (χ1v) is 41.9. The molecule has 0 fully saturated rings. The Morgan fingerprint density at radius 3 is 0.985 bits per heavy atom. The van der Waals surface area contributed by atoms with Gasteiger partial charge in [-0.3, -0.25) is 24.9 Å². The number of pyridine rings is 5. The van der Waals surface area contributed by atoms with Crippen molar-refractivity contribution in [1.29, 1.82) is 5.26 Å². The van der Waals surface area contributed by atoms with Gasteiger partial charge in [0.15, 0.2) is 11.6 Å². The summed E-state index contributed by atoms with van der Waals surface area (Å²) in [4.78, 5) is 20.1. The minimum atomic E-state index is -0.729. The quantitative estimate of drug-likeness (QED) is 0.121. The second-order valence-corrected chi connectivity index (χ2v) is 32.3. The number of nitrogens with two attached hydrogens (primary N) is 1. The summed E-state index contributed by atoms with van der Waals surface area (Å²) in [7, 11) is 1.65. The largest absolute Gasteiger partial charge is 0.508 e. The number of halogens is 6. The Kier molecular flexibility index (Phi) is 71.0. The molecule has 0 saturated heterocycles. The number of ether oxygens (including phenoxy) is 1. The number of anilines is 1. The van der Waals surface area contributed by atoms with Gasteiger partial charge in [-0.15, -0.1) is 0 Å². The average Bonchev–Trinajstić information content (AvgIpc) is 0.838. The van der Waals surface area contributed by atoms with Crippen molar-refractivity contribution in [2.45, 2.75) is 267 Å². The van der Waals surface area contributed by atoms with E-state index in [1.54, 1.807) is 91.2 Å². The zero-order chi connectivity index (χ0) is 96.5. The van der Waals surface area contributed by atoms with Crippen LogP contribution in [-0.4, -0.2) is 37.1 Å². The first-order valence-electron chi connectivity index (χ1n) is 41.9. The lowest BCUT2D eigenvalue weighted by atomic mass is 10.1. The van der Waals surface area contributed by atoms with Gasteiger partial charge in [-0.25, -0.2) is 26.3 Å². The lowest BCUT2D eigenvalue weighted by molar-refractivity contribution is 0.409. The summed E-state index contributed by atoms with van der Waals surface area (Å²) in [6.45, 7) is 60.3. The van der Waals surface area contributed by atoms with Crippen LogP contribution in [-0.2, 0) is 0 Å². The number of nitriles is 1. The molecule has 0 spiro atoms. The summed E-state index contributed by atoms with van der Waals surface area (Å²) in [5.74, 6) is -0.856. The number of rotatable bonds is 1. The van der Waals surface area contributed by atoms with E-state index in [1.165, 1.54) is 80.0 Å². The predicted molar refractivity (Wildman–Crippen MR) is 570 cm³/mol. The first-order chi connectivity index (χ1) is 59.4. The molecule has 5 heterocycles. The SMILES string of the molecule is C.C.C.C.C.C.C.COc1cnc(C)cc1C.Cc1cc(C)c(F)c(F)c1C.Cc1cc(C)c(F)cc1C.Cc1cc(C)c(F)cn1.Cc1cc(C)cc(C#N)c1.Cc1cc(C)cc(F)c1.Cc1cc(C)cc(O)c1.Cc1ccc(F)c(C)c1.Cc1ccc(N)c(C)c1.Cc1cccc(C)c1.Cc1cccc(C)c1.Cc1ccnc(C)c1.Cc1cnc(C)c(C)c1.Cc1cncc(C)c1.